The molecule has 0 saturated carbocycles. The Balaban J connectivity index is 1.89. The number of anilines is 1. The number of aldehydes is 1. The zero-order chi connectivity index (χ0) is 17.2. The average Bonchev–Trinajstić information content (AvgIpc) is 3.07. The molecule has 1 fully saturated rings. The van der Waals surface area contributed by atoms with Crippen LogP contribution >= 0.6 is 0 Å². The van der Waals surface area contributed by atoms with Crippen molar-refractivity contribution in [2.75, 3.05) is 31.2 Å². The molecule has 0 unspecified atom stereocenters. The van der Waals surface area contributed by atoms with E-state index in [-0.39, 0.29) is 0 Å². The highest BCUT2D eigenvalue weighted by Crippen LogP contribution is 2.29. The molecule has 25 heavy (non-hydrogen) atoms. The summed E-state index contributed by atoms with van der Waals surface area (Å²) >= 11 is 0. The lowest BCUT2D eigenvalue weighted by Gasteiger charge is -2.28. The Hall–Kier alpha value is -3.24. The molecule has 3 aromatic rings. The van der Waals surface area contributed by atoms with Crippen LogP contribution in [0.5, 0.6) is 0 Å². The predicted molar refractivity (Wildman–Crippen MR) is 91.6 cm³/mol. The Morgan fingerprint density at radius 2 is 1.92 bits per heavy atom. The van der Waals surface area contributed by atoms with Crippen LogP contribution in [0.2, 0.25) is 0 Å². The molecule has 1 aliphatic rings. The van der Waals surface area contributed by atoms with Gasteiger partial charge in [-0.3, -0.25) is 4.79 Å². The highest BCUT2D eigenvalue weighted by molar-refractivity contribution is 5.88. The number of hydrogen-bond donors (Lipinski definition) is 0. The van der Waals surface area contributed by atoms with Gasteiger partial charge >= 0.3 is 0 Å². The summed E-state index contributed by atoms with van der Waals surface area (Å²) in [4.78, 5) is 18.3. The van der Waals surface area contributed by atoms with Gasteiger partial charge in [-0.25, -0.2) is 9.50 Å². The molecule has 124 valence electrons. The molecule has 0 spiro atoms. The van der Waals surface area contributed by atoms with Crippen LogP contribution in [0, 0.1) is 11.3 Å². The van der Waals surface area contributed by atoms with E-state index >= 15 is 0 Å². The molecule has 3 heterocycles. The predicted octanol–water partition coefficient (Wildman–Crippen LogP) is 1.92. The Morgan fingerprint density at radius 3 is 2.60 bits per heavy atom. The first-order chi connectivity index (χ1) is 12.3. The monoisotopic (exact) mass is 333 g/mol. The van der Waals surface area contributed by atoms with Gasteiger partial charge < -0.3 is 9.64 Å². The number of carbonyl (C=O) groups excluding carboxylic acids is 1. The van der Waals surface area contributed by atoms with Crippen LogP contribution in [0.3, 0.4) is 0 Å². The fraction of sp³-hybridized carbons (Fsp3) is 0.222. The van der Waals surface area contributed by atoms with Crippen molar-refractivity contribution >= 4 is 17.6 Å². The Kier molecular flexibility index (Phi) is 3.88. The van der Waals surface area contributed by atoms with E-state index in [2.05, 4.69) is 21.1 Å². The minimum Gasteiger partial charge on any atom is -0.378 e. The number of imidazole rings is 1. The van der Waals surface area contributed by atoms with Crippen LogP contribution in [-0.4, -0.2) is 47.2 Å². The molecule has 7 heteroatoms. The lowest BCUT2D eigenvalue weighted by molar-refractivity contribution is 0.112. The number of rotatable bonds is 3. The van der Waals surface area contributed by atoms with Gasteiger partial charge in [0.15, 0.2) is 11.9 Å². The molecular weight excluding hydrogens is 318 g/mol. The van der Waals surface area contributed by atoms with E-state index in [1.54, 1.807) is 35.0 Å². The zero-order valence-electron chi connectivity index (χ0n) is 13.4. The van der Waals surface area contributed by atoms with Crippen LogP contribution in [0.25, 0.3) is 16.9 Å². The summed E-state index contributed by atoms with van der Waals surface area (Å²) in [5.74, 6) is 0. The highest BCUT2D eigenvalue weighted by Gasteiger charge is 2.20. The molecule has 0 bridgehead atoms. The molecule has 1 aliphatic heterocycles. The maximum absolute atomic E-state index is 11.6. The van der Waals surface area contributed by atoms with Crippen LogP contribution in [-0.2, 0) is 4.74 Å². The third-order valence-electron chi connectivity index (χ3n) is 4.28. The normalized spacial score (nSPS) is 14.4. The first kappa shape index (κ1) is 15.3. The number of aromatic nitrogens is 3. The van der Waals surface area contributed by atoms with Gasteiger partial charge in [0.25, 0.3) is 0 Å². The number of morpholine rings is 1. The SMILES string of the molecule is N#Cc1ccc(-c2c(C=O)nc3c(N4CCOCC4)ccnn23)cc1. The summed E-state index contributed by atoms with van der Waals surface area (Å²) < 4.78 is 7.10. The minimum absolute atomic E-state index is 0.331. The smallest absolute Gasteiger partial charge is 0.178 e. The first-order valence-corrected chi connectivity index (χ1v) is 7.98. The Morgan fingerprint density at radius 1 is 1.16 bits per heavy atom. The van der Waals surface area contributed by atoms with Gasteiger partial charge in [0.05, 0.1) is 36.7 Å². The molecule has 4 rings (SSSR count). The number of fused-ring (bicyclic) bond motifs is 1. The second-order valence-corrected chi connectivity index (χ2v) is 5.70. The molecule has 1 aromatic carbocycles. The molecule has 2 aromatic heterocycles. The van der Waals surface area contributed by atoms with Gasteiger partial charge in [-0.05, 0) is 18.2 Å². The van der Waals surface area contributed by atoms with Crippen molar-refractivity contribution in [1.29, 1.82) is 5.26 Å². The summed E-state index contributed by atoms with van der Waals surface area (Å²) in [7, 11) is 0. The van der Waals surface area contributed by atoms with E-state index in [0.29, 0.717) is 35.8 Å². The topological polar surface area (TPSA) is 83.5 Å². The second-order valence-electron chi connectivity index (χ2n) is 5.70. The minimum atomic E-state index is 0.331. The van der Waals surface area contributed by atoms with E-state index in [4.69, 9.17) is 10.00 Å². The van der Waals surface area contributed by atoms with Crippen molar-refractivity contribution in [3.8, 4) is 17.3 Å². The molecule has 1 saturated heterocycles. The fourth-order valence-electron chi connectivity index (χ4n) is 3.06. The summed E-state index contributed by atoms with van der Waals surface area (Å²) in [6.07, 6.45) is 2.45. The number of nitriles is 1. The van der Waals surface area contributed by atoms with Gasteiger partial charge in [0.2, 0.25) is 0 Å². The van der Waals surface area contributed by atoms with Crippen molar-refractivity contribution in [2.45, 2.75) is 0 Å². The average molecular weight is 333 g/mol. The van der Waals surface area contributed by atoms with E-state index < -0.39 is 0 Å². The molecular formula is C18H15N5O2. The van der Waals surface area contributed by atoms with Gasteiger partial charge in [-0.1, -0.05) is 12.1 Å². The standard InChI is InChI=1S/C18H15N5O2/c19-11-13-1-3-14(4-2-13)17-15(12-24)21-18-16(5-6-20-23(17)18)22-7-9-25-10-8-22/h1-6,12H,7-10H2. The van der Waals surface area contributed by atoms with E-state index in [1.807, 2.05) is 6.07 Å². The fourth-order valence-corrected chi connectivity index (χ4v) is 3.06. The van der Waals surface area contributed by atoms with Crippen LogP contribution in [0.1, 0.15) is 16.1 Å². The molecule has 0 aliphatic carbocycles. The van der Waals surface area contributed by atoms with Crippen LogP contribution < -0.4 is 4.90 Å². The number of ether oxygens (including phenoxy) is 1. The van der Waals surface area contributed by atoms with Crippen LogP contribution in [0.4, 0.5) is 5.69 Å². The maximum Gasteiger partial charge on any atom is 0.178 e. The summed E-state index contributed by atoms with van der Waals surface area (Å²) in [5.41, 5.74) is 3.89. The number of carbonyl (C=O) groups is 1. The highest BCUT2D eigenvalue weighted by atomic mass is 16.5. The number of nitrogens with zero attached hydrogens (tertiary/aromatic N) is 5. The zero-order valence-corrected chi connectivity index (χ0v) is 13.4. The second kappa shape index (κ2) is 6.34. The maximum atomic E-state index is 11.6. The summed E-state index contributed by atoms with van der Waals surface area (Å²) in [5, 5.41) is 13.4. The van der Waals surface area contributed by atoms with E-state index in [1.165, 1.54) is 0 Å². The number of benzene rings is 1. The van der Waals surface area contributed by atoms with Gasteiger partial charge in [-0.2, -0.15) is 10.4 Å². The molecule has 7 nitrogen and oxygen atoms in total. The molecule has 0 N–H and O–H groups in total. The van der Waals surface area contributed by atoms with Gasteiger partial charge in [0.1, 0.15) is 11.4 Å². The molecule has 0 atom stereocenters. The Labute approximate surface area is 144 Å². The van der Waals surface area contributed by atoms with Crippen molar-refractivity contribution in [2.24, 2.45) is 0 Å². The van der Waals surface area contributed by atoms with Crippen molar-refractivity contribution in [3.63, 3.8) is 0 Å². The summed E-state index contributed by atoms with van der Waals surface area (Å²) in [6, 6.07) is 11.0. The third-order valence-corrected chi connectivity index (χ3v) is 4.28. The van der Waals surface area contributed by atoms with Gasteiger partial charge in [-0.15, -0.1) is 0 Å². The van der Waals surface area contributed by atoms with Crippen molar-refractivity contribution in [1.82, 2.24) is 14.6 Å². The number of hydrogen-bond acceptors (Lipinski definition) is 6. The van der Waals surface area contributed by atoms with Crippen LogP contribution in [0.15, 0.2) is 36.5 Å². The van der Waals surface area contributed by atoms with Crippen molar-refractivity contribution in [3.05, 3.63) is 47.8 Å². The largest absolute Gasteiger partial charge is 0.378 e. The third kappa shape index (κ3) is 2.62. The molecule has 0 amide bonds. The quantitative estimate of drug-likeness (QED) is 0.681. The first-order valence-electron chi connectivity index (χ1n) is 7.98. The lowest BCUT2D eigenvalue weighted by atomic mass is 10.1. The van der Waals surface area contributed by atoms with Gasteiger partial charge in [0, 0.05) is 18.7 Å². The molecule has 0 radical (unpaired) electrons. The summed E-state index contributed by atoms with van der Waals surface area (Å²) in [6.45, 7) is 2.88. The van der Waals surface area contributed by atoms with Crippen molar-refractivity contribution < 1.29 is 9.53 Å². The Bertz CT molecular complexity index is 966. The van der Waals surface area contributed by atoms with E-state index in [0.717, 1.165) is 30.6 Å². The van der Waals surface area contributed by atoms with E-state index in [9.17, 15) is 4.79 Å². The lowest BCUT2D eigenvalue weighted by Crippen LogP contribution is -2.36.